The molecular formula is C15H23N3O3. The highest BCUT2D eigenvalue weighted by atomic mass is 16.5. The van der Waals surface area contributed by atoms with Crippen molar-refractivity contribution in [2.75, 3.05) is 24.6 Å². The van der Waals surface area contributed by atoms with Crippen LogP contribution in [0.2, 0.25) is 0 Å². The number of aromatic nitrogens is 2. The highest BCUT2D eigenvalue weighted by Crippen LogP contribution is 2.21. The molecule has 1 aromatic rings. The van der Waals surface area contributed by atoms with Crippen molar-refractivity contribution in [3.05, 3.63) is 17.5 Å². The molecule has 1 saturated heterocycles. The number of carboxylic acids is 1. The van der Waals surface area contributed by atoms with Crippen LogP contribution in [0.1, 0.15) is 44.0 Å². The van der Waals surface area contributed by atoms with Gasteiger partial charge >= 0.3 is 5.97 Å². The highest BCUT2D eigenvalue weighted by molar-refractivity contribution is 5.68. The fraction of sp³-hybridized carbons (Fsp3) is 0.667. The van der Waals surface area contributed by atoms with E-state index >= 15 is 0 Å². The highest BCUT2D eigenvalue weighted by Gasteiger charge is 2.22. The van der Waals surface area contributed by atoms with E-state index in [9.17, 15) is 4.79 Å². The summed E-state index contributed by atoms with van der Waals surface area (Å²) in [4.78, 5) is 21.8. The monoisotopic (exact) mass is 293 g/mol. The molecule has 1 fully saturated rings. The summed E-state index contributed by atoms with van der Waals surface area (Å²) in [6.07, 6.45) is 1.63. The molecule has 0 unspecified atom stereocenters. The van der Waals surface area contributed by atoms with Gasteiger partial charge < -0.3 is 14.7 Å². The van der Waals surface area contributed by atoms with Gasteiger partial charge in [0.15, 0.2) is 0 Å². The fourth-order valence-electron chi connectivity index (χ4n) is 2.43. The first kappa shape index (κ1) is 15.7. The second kappa shape index (κ2) is 6.85. The Balaban J connectivity index is 1.97. The Hall–Kier alpha value is -1.69. The van der Waals surface area contributed by atoms with Crippen molar-refractivity contribution in [1.29, 1.82) is 0 Å². The lowest BCUT2D eigenvalue weighted by Gasteiger charge is -2.32. The molecular weight excluding hydrogens is 270 g/mol. The predicted molar refractivity (Wildman–Crippen MR) is 79.7 cm³/mol. The lowest BCUT2D eigenvalue weighted by molar-refractivity contribution is -0.144. The third-order valence-electron chi connectivity index (χ3n) is 3.62. The fourth-order valence-corrected chi connectivity index (χ4v) is 2.43. The van der Waals surface area contributed by atoms with E-state index in [4.69, 9.17) is 9.84 Å². The number of hydrogen-bond acceptors (Lipinski definition) is 5. The number of carbonyl (C=O) groups is 1. The molecule has 1 N–H and O–H groups in total. The van der Waals surface area contributed by atoms with Crippen LogP contribution in [-0.4, -0.2) is 46.8 Å². The smallest absolute Gasteiger partial charge is 0.329 e. The van der Waals surface area contributed by atoms with Crippen LogP contribution in [0.25, 0.3) is 0 Å². The van der Waals surface area contributed by atoms with E-state index in [1.165, 1.54) is 0 Å². The van der Waals surface area contributed by atoms with Gasteiger partial charge in [-0.25, -0.2) is 14.8 Å². The topological polar surface area (TPSA) is 75.6 Å². The molecule has 2 rings (SSSR count). The van der Waals surface area contributed by atoms with Crippen LogP contribution < -0.4 is 4.90 Å². The second-order valence-electron chi connectivity index (χ2n) is 5.78. The van der Waals surface area contributed by atoms with E-state index in [-0.39, 0.29) is 12.7 Å². The van der Waals surface area contributed by atoms with Crippen molar-refractivity contribution in [1.82, 2.24) is 9.97 Å². The molecule has 0 aromatic carbocycles. The molecule has 116 valence electrons. The molecule has 1 aliphatic heterocycles. The number of aliphatic carboxylic acids is 1. The summed E-state index contributed by atoms with van der Waals surface area (Å²) in [5.41, 5.74) is 2.04. The third kappa shape index (κ3) is 4.39. The van der Waals surface area contributed by atoms with Gasteiger partial charge in [-0.3, -0.25) is 0 Å². The molecule has 0 aliphatic carbocycles. The van der Waals surface area contributed by atoms with Crippen LogP contribution in [0.5, 0.6) is 0 Å². The number of aryl methyl sites for hydroxylation is 1. The van der Waals surface area contributed by atoms with Crippen LogP contribution in [0.4, 0.5) is 5.95 Å². The predicted octanol–water partition coefficient (Wildman–Crippen LogP) is 1.98. The summed E-state index contributed by atoms with van der Waals surface area (Å²) in [6.45, 7) is 7.61. The van der Waals surface area contributed by atoms with Crippen molar-refractivity contribution in [2.45, 2.75) is 45.6 Å². The summed E-state index contributed by atoms with van der Waals surface area (Å²) >= 11 is 0. The number of anilines is 1. The van der Waals surface area contributed by atoms with E-state index in [0.29, 0.717) is 5.92 Å². The molecule has 0 amide bonds. The van der Waals surface area contributed by atoms with Gasteiger partial charge in [0.05, 0.1) is 6.10 Å². The van der Waals surface area contributed by atoms with Crippen molar-refractivity contribution in [3.63, 3.8) is 0 Å². The number of nitrogens with zero attached hydrogens (tertiary/aromatic N) is 3. The Morgan fingerprint density at radius 3 is 2.67 bits per heavy atom. The minimum absolute atomic E-state index is 0.0201. The van der Waals surface area contributed by atoms with Crippen molar-refractivity contribution in [3.8, 4) is 0 Å². The molecule has 0 atom stereocenters. The Kier molecular flexibility index (Phi) is 5.12. The maximum Gasteiger partial charge on any atom is 0.329 e. The standard InChI is InChI=1S/C15H23N3O3/c1-10(2)13-8-11(3)16-15(17-13)18-6-4-12(5-7-18)21-9-14(19)20/h8,10,12H,4-7,9H2,1-3H3,(H,19,20). The van der Waals surface area contributed by atoms with Crippen molar-refractivity contribution in [2.24, 2.45) is 0 Å². The molecule has 0 radical (unpaired) electrons. The van der Waals surface area contributed by atoms with Gasteiger partial charge in [0.1, 0.15) is 6.61 Å². The number of hydrogen-bond donors (Lipinski definition) is 1. The third-order valence-corrected chi connectivity index (χ3v) is 3.62. The molecule has 1 aliphatic rings. The maximum atomic E-state index is 10.5. The van der Waals surface area contributed by atoms with E-state index in [2.05, 4.69) is 28.7 Å². The number of piperidine rings is 1. The van der Waals surface area contributed by atoms with Crippen molar-refractivity contribution < 1.29 is 14.6 Å². The zero-order chi connectivity index (χ0) is 15.4. The molecule has 6 heteroatoms. The van der Waals surface area contributed by atoms with Gasteiger partial charge in [-0.05, 0) is 31.7 Å². The van der Waals surface area contributed by atoms with Crippen LogP contribution in [0, 0.1) is 6.92 Å². The van der Waals surface area contributed by atoms with Gasteiger partial charge in [0, 0.05) is 24.5 Å². The quantitative estimate of drug-likeness (QED) is 0.894. The number of carboxylic acid groups (broad SMARTS) is 1. The van der Waals surface area contributed by atoms with Crippen LogP contribution in [-0.2, 0) is 9.53 Å². The molecule has 0 bridgehead atoms. The van der Waals surface area contributed by atoms with Gasteiger partial charge in [0.25, 0.3) is 0 Å². The van der Waals surface area contributed by atoms with Crippen LogP contribution in [0.3, 0.4) is 0 Å². The van der Waals surface area contributed by atoms with Gasteiger partial charge in [-0.2, -0.15) is 0 Å². The van der Waals surface area contributed by atoms with E-state index in [0.717, 1.165) is 43.3 Å². The lowest BCUT2D eigenvalue weighted by atomic mass is 10.1. The Morgan fingerprint density at radius 1 is 1.43 bits per heavy atom. The van der Waals surface area contributed by atoms with Gasteiger partial charge in [-0.1, -0.05) is 13.8 Å². The zero-order valence-corrected chi connectivity index (χ0v) is 12.9. The number of rotatable bonds is 5. The minimum atomic E-state index is -0.916. The second-order valence-corrected chi connectivity index (χ2v) is 5.78. The van der Waals surface area contributed by atoms with Crippen molar-refractivity contribution >= 4 is 11.9 Å². The first-order chi connectivity index (χ1) is 9.95. The van der Waals surface area contributed by atoms with Gasteiger partial charge in [-0.15, -0.1) is 0 Å². The minimum Gasteiger partial charge on any atom is -0.480 e. The average Bonchev–Trinajstić information content (AvgIpc) is 2.45. The van der Waals surface area contributed by atoms with E-state index in [1.807, 2.05) is 13.0 Å². The Labute approximate surface area is 125 Å². The zero-order valence-electron chi connectivity index (χ0n) is 12.9. The normalized spacial score (nSPS) is 16.5. The van der Waals surface area contributed by atoms with Crippen LogP contribution in [0.15, 0.2) is 6.07 Å². The molecule has 21 heavy (non-hydrogen) atoms. The summed E-state index contributed by atoms with van der Waals surface area (Å²) in [7, 11) is 0. The summed E-state index contributed by atoms with van der Waals surface area (Å²) in [5.74, 6) is 0.235. The largest absolute Gasteiger partial charge is 0.480 e. The SMILES string of the molecule is Cc1cc(C(C)C)nc(N2CCC(OCC(=O)O)CC2)n1. The summed E-state index contributed by atoms with van der Waals surface area (Å²) in [5, 5.41) is 8.63. The lowest BCUT2D eigenvalue weighted by Crippen LogP contribution is -2.38. The van der Waals surface area contributed by atoms with E-state index in [1.54, 1.807) is 0 Å². The Morgan fingerprint density at radius 2 is 2.10 bits per heavy atom. The molecule has 1 aromatic heterocycles. The molecule has 6 nitrogen and oxygen atoms in total. The molecule has 0 spiro atoms. The maximum absolute atomic E-state index is 10.5. The first-order valence-corrected chi connectivity index (χ1v) is 7.39. The summed E-state index contributed by atoms with van der Waals surface area (Å²) < 4.78 is 5.35. The molecule has 0 saturated carbocycles. The summed E-state index contributed by atoms with van der Waals surface area (Å²) in [6, 6.07) is 2.02. The van der Waals surface area contributed by atoms with Crippen LogP contribution >= 0.6 is 0 Å². The van der Waals surface area contributed by atoms with Gasteiger partial charge in [0.2, 0.25) is 5.95 Å². The average molecular weight is 293 g/mol. The first-order valence-electron chi connectivity index (χ1n) is 7.39. The number of ether oxygens (including phenoxy) is 1. The molecule has 2 heterocycles. The van der Waals surface area contributed by atoms with E-state index < -0.39 is 5.97 Å². The Bertz CT molecular complexity index is 497.